The molecule has 0 unspecified atom stereocenters. The SMILES string of the molecule is CO[C@]1(c2ccc3nccc(N[C@H](C)c4cccc(C(F)F)c4F)c3c2)CCN(C(=O)NC(C)C)C1. The number of amides is 2. The molecule has 1 aliphatic heterocycles. The van der Waals surface area contributed by atoms with Crippen LogP contribution in [0.5, 0.6) is 0 Å². The van der Waals surface area contributed by atoms with E-state index in [1.807, 2.05) is 32.0 Å². The molecule has 36 heavy (non-hydrogen) atoms. The van der Waals surface area contributed by atoms with Crippen molar-refractivity contribution in [3.8, 4) is 0 Å². The molecule has 2 N–H and O–H groups in total. The van der Waals surface area contributed by atoms with E-state index in [2.05, 4.69) is 15.6 Å². The second-order valence-electron chi connectivity index (χ2n) is 9.48. The maximum atomic E-state index is 14.7. The predicted molar refractivity (Wildman–Crippen MR) is 134 cm³/mol. The van der Waals surface area contributed by atoms with Gasteiger partial charge >= 0.3 is 6.03 Å². The number of nitrogens with one attached hydrogen (secondary N) is 2. The zero-order chi connectivity index (χ0) is 26.0. The van der Waals surface area contributed by atoms with Crippen LogP contribution < -0.4 is 10.6 Å². The summed E-state index contributed by atoms with van der Waals surface area (Å²) in [5.41, 5.74) is 1.17. The van der Waals surface area contributed by atoms with Gasteiger partial charge in [0.25, 0.3) is 6.43 Å². The van der Waals surface area contributed by atoms with Gasteiger partial charge in [0, 0.05) is 49.0 Å². The zero-order valence-corrected chi connectivity index (χ0v) is 20.8. The Kier molecular flexibility index (Phi) is 7.40. The third kappa shape index (κ3) is 4.97. The number of ether oxygens (including phenoxy) is 1. The normalized spacial score (nSPS) is 18.8. The van der Waals surface area contributed by atoms with Gasteiger partial charge in [-0.1, -0.05) is 24.3 Å². The zero-order valence-electron chi connectivity index (χ0n) is 20.8. The Hall–Kier alpha value is -3.33. The summed E-state index contributed by atoms with van der Waals surface area (Å²) in [6, 6.07) is 10.9. The molecule has 192 valence electrons. The van der Waals surface area contributed by atoms with Crippen molar-refractivity contribution < 1.29 is 22.7 Å². The number of likely N-dealkylation sites (tertiary alicyclic amines) is 1. The molecular weight excluding hydrogens is 469 g/mol. The third-order valence-corrected chi connectivity index (χ3v) is 6.72. The van der Waals surface area contributed by atoms with Crippen molar-refractivity contribution in [2.75, 3.05) is 25.5 Å². The van der Waals surface area contributed by atoms with E-state index in [0.717, 1.165) is 22.5 Å². The number of fused-ring (bicyclic) bond motifs is 1. The maximum Gasteiger partial charge on any atom is 0.317 e. The molecule has 1 fully saturated rings. The van der Waals surface area contributed by atoms with Gasteiger partial charge in [-0.2, -0.15) is 0 Å². The van der Waals surface area contributed by atoms with Crippen molar-refractivity contribution in [3.05, 3.63) is 71.2 Å². The van der Waals surface area contributed by atoms with Gasteiger partial charge in [-0.15, -0.1) is 0 Å². The molecule has 4 rings (SSSR count). The van der Waals surface area contributed by atoms with Crippen LogP contribution in [0.15, 0.2) is 48.7 Å². The number of pyridine rings is 1. The second-order valence-corrected chi connectivity index (χ2v) is 9.48. The molecule has 9 heteroatoms. The van der Waals surface area contributed by atoms with Crippen LogP contribution in [0.3, 0.4) is 0 Å². The Balaban J connectivity index is 1.65. The predicted octanol–water partition coefficient (Wildman–Crippen LogP) is 6.15. The van der Waals surface area contributed by atoms with Crippen molar-refractivity contribution in [3.63, 3.8) is 0 Å². The molecule has 0 aliphatic carbocycles. The molecule has 2 amide bonds. The first kappa shape index (κ1) is 25.8. The highest BCUT2D eigenvalue weighted by Crippen LogP contribution is 2.38. The topological polar surface area (TPSA) is 66.5 Å². The molecule has 1 aromatic heterocycles. The summed E-state index contributed by atoms with van der Waals surface area (Å²) in [5.74, 6) is -0.907. The number of hydrogen-bond donors (Lipinski definition) is 2. The lowest BCUT2D eigenvalue weighted by Crippen LogP contribution is -2.43. The molecule has 2 aromatic carbocycles. The number of alkyl halides is 2. The molecule has 2 heterocycles. The number of carbonyl (C=O) groups is 1. The fraction of sp³-hybridized carbons (Fsp3) is 0.407. The minimum Gasteiger partial charge on any atom is -0.378 e. The Morgan fingerprint density at radius 2 is 1.89 bits per heavy atom. The standard InChI is InChI=1S/C27H31F3N4O2/c1-16(2)32-26(35)34-13-11-27(15-34,36-4)18-8-9-22-21(14-18)23(10-12-31-22)33-17(3)19-6-5-7-20(24(19)28)25(29)30/h5-10,12,14,16-17,25H,11,13,15H2,1-4H3,(H,31,33)(H,32,35)/t17-,27-/m1/s1. The average molecular weight is 501 g/mol. The van der Waals surface area contributed by atoms with Crippen LogP contribution in [-0.4, -0.2) is 42.2 Å². The molecule has 1 aliphatic rings. The van der Waals surface area contributed by atoms with Gasteiger partial charge in [-0.05, 0) is 44.5 Å². The smallest absolute Gasteiger partial charge is 0.317 e. The molecule has 0 spiro atoms. The van der Waals surface area contributed by atoms with Crippen molar-refractivity contribution >= 4 is 22.6 Å². The van der Waals surface area contributed by atoms with E-state index in [9.17, 15) is 18.0 Å². The van der Waals surface area contributed by atoms with Gasteiger partial charge in [0.1, 0.15) is 11.4 Å². The van der Waals surface area contributed by atoms with Gasteiger partial charge in [0.2, 0.25) is 0 Å². The lowest BCUT2D eigenvalue weighted by atomic mass is 9.91. The molecular formula is C27H31F3N4O2. The van der Waals surface area contributed by atoms with Gasteiger partial charge < -0.3 is 20.3 Å². The van der Waals surface area contributed by atoms with Crippen LogP contribution in [0.4, 0.5) is 23.7 Å². The highest BCUT2D eigenvalue weighted by molar-refractivity contribution is 5.92. The minimum absolute atomic E-state index is 0.0311. The first-order chi connectivity index (χ1) is 17.1. The van der Waals surface area contributed by atoms with E-state index in [0.29, 0.717) is 25.2 Å². The number of carbonyl (C=O) groups excluding carboxylic acids is 1. The van der Waals surface area contributed by atoms with Crippen molar-refractivity contribution in [1.82, 2.24) is 15.2 Å². The van der Waals surface area contributed by atoms with Crippen molar-refractivity contribution in [1.29, 1.82) is 0 Å². The largest absolute Gasteiger partial charge is 0.378 e. The van der Waals surface area contributed by atoms with E-state index in [1.165, 1.54) is 12.1 Å². The highest BCUT2D eigenvalue weighted by atomic mass is 19.3. The molecule has 2 atom stereocenters. The van der Waals surface area contributed by atoms with Crippen LogP contribution in [0.2, 0.25) is 0 Å². The summed E-state index contributed by atoms with van der Waals surface area (Å²) in [6.07, 6.45) is -0.617. The van der Waals surface area contributed by atoms with Gasteiger partial charge in [-0.25, -0.2) is 18.0 Å². The minimum atomic E-state index is -2.89. The van der Waals surface area contributed by atoms with E-state index < -0.39 is 29.4 Å². The van der Waals surface area contributed by atoms with Gasteiger partial charge in [0.15, 0.2) is 0 Å². The Morgan fingerprint density at radius 1 is 1.14 bits per heavy atom. The Labute approximate surface area is 208 Å². The summed E-state index contributed by atoms with van der Waals surface area (Å²) >= 11 is 0. The molecule has 0 radical (unpaired) electrons. The number of methoxy groups -OCH3 is 1. The summed E-state index contributed by atoms with van der Waals surface area (Å²) in [5, 5.41) is 6.97. The first-order valence-corrected chi connectivity index (χ1v) is 12.0. The third-order valence-electron chi connectivity index (χ3n) is 6.72. The van der Waals surface area contributed by atoms with E-state index in [-0.39, 0.29) is 17.6 Å². The Bertz CT molecular complexity index is 1250. The molecule has 0 bridgehead atoms. The van der Waals surface area contributed by atoms with E-state index in [1.54, 1.807) is 31.2 Å². The highest BCUT2D eigenvalue weighted by Gasteiger charge is 2.42. The van der Waals surface area contributed by atoms with Crippen LogP contribution in [-0.2, 0) is 10.3 Å². The summed E-state index contributed by atoms with van der Waals surface area (Å²) < 4.78 is 47.1. The number of hydrogen-bond acceptors (Lipinski definition) is 4. The first-order valence-electron chi connectivity index (χ1n) is 12.0. The number of urea groups is 1. The second kappa shape index (κ2) is 10.3. The Morgan fingerprint density at radius 3 is 2.58 bits per heavy atom. The number of rotatable bonds is 7. The van der Waals surface area contributed by atoms with Crippen LogP contribution in [0.25, 0.3) is 10.9 Å². The quantitative estimate of drug-likeness (QED) is 0.408. The van der Waals surface area contributed by atoms with Gasteiger partial charge in [-0.3, -0.25) is 4.98 Å². The summed E-state index contributed by atoms with van der Waals surface area (Å²) in [7, 11) is 1.64. The number of nitrogens with zero attached hydrogens (tertiary/aromatic N) is 2. The molecule has 6 nitrogen and oxygen atoms in total. The fourth-order valence-electron chi connectivity index (χ4n) is 4.75. The number of anilines is 1. The monoisotopic (exact) mass is 500 g/mol. The fourth-order valence-corrected chi connectivity index (χ4v) is 4.75. The van der Waals surface area contributed by atoms with Crippen LogP contribution >= 0.6 is 0 Å². The van der Waals surface area contributed by atoms with Gasteiger partial charge in [0.05, 0.1) is 23.7 Å². The number of aromatic nitrogens is 1. The van der Waals surface area contributed by atoms with Crippen molar-refractivity contribution in [2.45, 2.75) is 51.3 Å². The van der Waals surface area contributed by atoms with Crippen LogP contribution in [0.1, 0.15) is 56.3 Å². The molecule has 0 saturated carbocycles. The average Bonchev–Trinajstić information content (AvgIpc) is 3.30. The number of benzene rings is 2. The van der Waals surface area contributed by atoms with E-state index >= 15 is 0 Å². The van der Waals surface area contributed by atoms with Crippen LogP contribution in [0, 0.1) is 5.82 Å². The lowest BCUT2D eigenvalue weighted by Gasteiger charge is -2.29. The summed E-state index contributed by atoms with van der Waals surface area (Å²) in [4.78, 5) is 18.8. The van der Waals surface area contributed by atoms with E-state index in [4.69, 9.17) is 4.74 Å². The lowest BCUT2D eigenvalue weighted by molar-refractivity contribution is -0.00315. The maximum absolute atomic E-state index is 14.7. The summed E-state index contributed by atoms with van der Waals surface area (Å²) in [6.45, 7) is 6.51. The molecule has 1 saturated heterocycles. The van der Waals surface area contributed by atoms with Crippen molar-refractivity contribution in [2.24, 2.45) is 0 Å². The molecule has 3 aromatic rings. The number of halogens is 3.